The summed E-state index contributed by atoms with van der Waals surface area (Å²) >= 11 is 6.51. The van der Waals surface area contributed by atoms with Crippen LogP contribution in [0.5, 0.6) is 0 Å². The SMILES string of the molecule is COC(=O)c1[nH]nc2ncccc12.COC(=O)c1nn(-c2cc(Br)cc(C#N)c2)c2ncccc12.N#Cc1cc(Br)cc(B(O)O)c1. The Bertz CT molecular complexity index is 2170. The molecule has 2 aromatic carbocycles. The first-order valence-electron chi connectivity index (χ1n) is 13.2. The van der Waals surface area contributed by atoms with E-state index in [4.69, 9.17) is 25.3 Å². The highest BCUT2D eigenvalue weighted by molar-refractivity contribution is 9.10. The minimum atomic E-state index is -1.53. The Labute approximate surface area is 283 Å². The number of hydrogen-bond acceptors (Lipinski definition) is 12. The molecule has 3 N–H and O–H groups in total. The van der Waals surface area contributed by atoms with Crippen molar-refractivity contribution in [3.8, 4) is 17.8 Å². The van der Waals surface area contributed by atoms with Gasteiger partial charge in [-0.25, -0.2) is 24.2 Å². The molecule has 0 aliphatic heterocycles. The summed E-state index contributed by atoms with van der Waals surface area (Å²) < 4.78 is 12.2. The van der Waals surface area contributed by atoms with Crippen molar-refractivity contribution in [3.05, 3.63) is 105 Å². The van der Waals surface area contributed by atoms with Gasteiger partial charge in [0, 0.05) is 21.3 Å². The zero-order chi connectivity index (χ0) is 34.1. The van der Waals surface area contributed by atoms with Gasteiger partial charge in [0.2, 0.25) is 0 Å². The van der Waals surface area contributed by atoms with E-state index in [1.165, 1.54) is 25.0 Å². The number of benzene rings is 2. The molecule has 0 amide bonds. The van der Waals surface area contributed by atoms with Crippen LogP contribution < -0.4 is 5.46 Å². The molecule has 0 saturated heterocycles. The minimum Gasteiger partial charge on any atom is -0.464 e. The van der Waals surface area contributed by atoms with Gasteiger partial charge in [-0.3, -0.25) is 5.10 Å². The summed E-state index contributed by atoms with van der Waals surface area (Å²) in [4.78, 5) is 31.3. The molecular weight excluding hydrogens is 739 g/mol. The lowest BCUT2D eigenvalue weighted by atomic mass is 9.80. The van der Waals surface area contributed by atoms with E-state index in [1.807, 2.05) is 6.07 Å². The first kappa shape index (κ1) is 34.4. The maximum atomic E-state index is 11.9. The van der Waals surface area contributed by atoms with Gasteiger partial charge in [0.25, 0.3) is 0 Å². The smallest absolute Gasteiger partial charge is 0.464 e. The number of carbonyl (C=O) groups is 2. The maximum absolute atomic E-state index is 11.9. The molecule has 0 spiro atoms. The van der Waals surface area contributed by atoms with Crippen molar-refractivity contribution < 1.29 is 29.1 Å². The van der Waals surface area contributed by atoms with E-state index in [0.717, 1.165) is 4.47 Å². The number of fused-ring (bicyclic) bond motifs is 2. The minimum absolute atomic E-state index is 0.184. The number of nitrogens with one attached hydrogen (secondary N) is 1. The van der Waals surface area contributed by atoms with E-state index in [2.05, 4.69) is 67.9 Å². The van der Waals surface area contributed by atoms with E-state index >= 15 is 0 Å². The van der Waals surface area contributed by atoms with Gasteiger partial charge in [-0.1, -0.05) is 31.9 Å². The summed E-state index contributed by atoms with van der Waals surface area (Å²) in [7, 11) is 1.09. The van der Waals surface area contributed by atoms with Crippen LogP contribution >= 0.6 is 31.9 Å². The first-order valence-corrected chi connectivity index (χ1v) is 14.8. The molecule has 0 unspecified atom stereocenters. The fourth-order valence-electron chi connectivity index (χ4n) is 4.07. The molecule has 4 aromatic heterocycles. The van der Waals surface area contributed by atoms with Crippen LogP contribution in [0.1, 0.15) is 32.1 Å². The highest BCUT2D eigenvalue weighted by Crippen LogP contribution is 2.24. The summed E-state index contributed by atoms with van der Waals surface area (Å²) in [5.74, 6) is -0.970. The van der Waals surface area contributed by atoms with Gasteiger partial charge in [-0.05, 0) is 66.1 Å². The lowest BCUT2D eigenvalue weighted by molar-refractivity contribution is 0.0587. The molecule has 234 valence electrons. The molecule has 0 fully saturated rings. The number of H-pyrrole nitrogens is 1. The molecule has 4 heterocycles. The Balaban J connectivity index is 0.000000171. The first-order chi connectivity index (χ1) is 22.6. The molecule has 47 heavy (non-hydrogen) atoms. The summed E-state index contributed by atoms with van der Waals surface area (Å²) in [6, 6.07) is 20.7. The average Bonchev–Trinajstić information content (AvgIpc) is 3.70. The number of halogens is 2. The molecule has 0 aliphatic rings. The van der Waals surface area contributed by atoms with Crippen LogP contribution in [0.25, 0.3) is 27.8 Å². The summed E-state index contributed by atoms with van der Waals surface area (Å²) in [5.41, 5.74) is 3.37. The third-order valence-corrected chi connectivity index (χ3v) is 7.06. The molecule has 0 radical (unpaired) electrons. The number of methoxy groups -OCH3 is 2. The van der Waals surface area contributed by atoms with E-state index in [0.29, 0.717) is 54.5 Å². The second-order valence-electron chi connectivity index (χ2n) is 9.16. The number of esters is 2. The van der Waals surface area contributed by atoms with Crippen LogP contribution in [-0.4, -0.2) is 73.3 Å². The van der Waals surface area contributed by atoms with Gasteiger partial charge in [0.05, 0.1) is 53.9 Å². The molecule has 6 rings (SSSR count). The van der Waals surface area contributed by atoms with Gasteiger partial charge >= 0.3 is 19.1 Å². The third kappa shape index (κ3) is 8.23. The van der Waals surface area contributed by atoms with Gasteiger partial charge in [-0.2, -0.15) is 20.7 Å². The Morgan fingerprint density at radius 1 is 0.872 bits per heavy atom. The van der Waals surface area contributed by atoms with Crippen molar-refractivity contribution in [2.45, 2.75) is 0 Å². The monoisotopic (exact) mass is 758 g/mol. The lowest BCUT2D eigenvalue weighted by Gasteiger charge is -2.04. The molecule has 17 heteroatoms. The zero-order valence-corrected chi connectivity index (χ0v) is 27.6. The molecule has 6 aromatic rings. The van der Waals surface area contributed by atoms with Crippen LogP contribution in [0.4, 0.5) is 0 Å². The van der Waals surface area contributed by atoms with E-state index in [9.17, 15) is 9.59 Å². The second-order valence-corrected chi connectivity index (χ2v) is 11.0. The number of hydrogen-bond donors (Lipinski definition) is 3. The summed E-state index contributed by atoms with van der Waals surface area (Å²) in [6.45, 7) is 0. The van der Waals surface area contributed by atoms with Crippen molar-refractivity contribution in [1.29, 1.82) is 10.5 Å². The number of rotatable bonds is 4. The number of pyridine rings is 2. The van der Waals surface area contributed by atoms with Crippen LogP contribution in [-0.2, 0) is 9.47 Å². The van der Waals surface area contributed by atoms with Gasteiger partial charge < -0.3 is 19.5 Å². The predicted molar refractivity (Wildman–Crippen MR) is 177 cm³/mol. The van der Waals surface area contributed by atoms with E-state index in [1.54, 1.807) is 67.0 Å². The quantitative estimate of drug-likeness (QED) is 0.174. The van der Waals surface area contributed by atoms with Crippen molar-refractivity contribution in [2.75, 3.05) is 14.2 Å². The summed E-state index contributed by atoms with van der Waals surface area (Å²) in [5, 5.41) is 47.2. The standard InChI is InChI=1S/C15H9BrN4O2.C8H7N3O2.C7H5BBrNO2/c1-22-15(21)13-12-3-2-4-18-14(12)20(19-13)11-6-9(8-17)5-10(16)7-11;1-13-8(12)6-5-3-2-4-9-7(5)11-10-6;9-7-2-5(4-10)1-6(3-7)8(11)12/h2-7H,1H3;2-4H,1H3,(H,9,10,11);1-3,11-12H. The third-order valence-electron chi connectivity index (χ3n) is 6.14. The fourth-order valence-corrected chi connectivity index (χ4v) is 5.07. The topological polar surface area (TPSA) is 213 Å². The Morgan fingerprint density at radius 3 is 2.13 bits per heavy atom. The zero-order valence-electron chi connectivity index (χ0n) is 24.4. The number of carbonyl (C=O) groups excluding carboxylic acids is 2. The number of aromatic amines is 1. The van der Waals surface area contributed by atoms with Gasteiger partial charge in [0.1, 0.15) is 0 Å². The van der Waals surface area contributed by atoms with Crippen LogP contribution in [0.2, 0.25) is 0 Å². The number of nitriles is 2. The van der Waals surface area contributed by atoms with E-state index < -0.39 is 19.1 Å². The second kappa shape index (κ2) is 15.7. The van der Waals surface area contributed by atoms with Crippen molar-refractivity contribution in [1.82, 2.24) is 29.9 Å². The van der Waals surface area contributed by atoms with E-state index in [-0.39, 0.29) is 5.69 Å². The molecule has 0 bridgehead atoms. The fraction of sp³-hybridized carbons (Fsp3) is 0.0667. The van der Waals surface area contributed by atoms with Crippen molar-refractivity contribution >= 4 is 78.4 Å². The normalized spacial score (nSPS) is 10.0. The highest BCUT2D eigenvalue weighted by Gasteiger charge is 2.20. The van der Waals surface area contributed by atoms with Gasteiger partial charge in [0.15, 0.2) is 22.7 Å². The molecule has 0 atom stereocenters. The molecular formula is C30H21BBr2N8O6. The van der Waals surface area contributed by atoms with Crippen LogP contribution in [0.15, 0.2) is 82.0 Å². The maximum Gasteiger partial charge on any atom is 0.488 e. The Hall–Kier alpha value is -5.46. The number of ether oxygens (including phenoxy) is 2. The number of nitrogens with zero attached hydrogens (tertiary/aromatic N) is 7. The van der Waals surface area contributed by atoms with Crippen LogP contribution in [0.3, 0.4) is 0 Å². The Morgan fingerprint density at radius 2 is 1.49 bits per heavy atom. The molecule has 0 aliphatic carbocycles. The lowest BCUT2D eigenvalue weighted by Crippen LogP contribution is -2.29. The Kier molecular flexibility index (Phi) is 11.5. The number of aromatic nitrogens is 6. The largest absolute Gasteiger partial charge is 0.488 e. The highest BCUT2D eigenvalue weighted by atomic mass is 79.9. The summed E-state index contributed by atoms with van der Waals surface area (Å²) in [6.07, 6.45) is 3.23. The molecule has 0 saturated carbocycles. The predicted octanol–water partition coefficient (Wildman–Crippen LogP) is 3.59. The average molecular weight is 760 g/mol. The van der Waals surface area contributed by atoms with Crippen molar-refractivity contribution in [2.24, 2.45) is 0 Å². The van der Waals surface area contributed by atoms with Gasteiger partial charge in [-0.15, -0.1) is 0 Å². The van der Waals surface area contributed by atoms with Crippen molar-refractivity contribution in [3.63, 3.8) is 0 Å². The molecule has 14 nitrogen and oxygen atoms in total. The van der Waals surface area contributed by atoms with Crippen LogP contribution in [0, 0.1) is 22.7 Å².